The summed E-state index contributed by atoms with van der Waals surface area (Å²) in [6, 6.07) is 7.02. The van der Waals surface area contributed by atoms with Gasteiger partial charge >= 0.3 is 0 Å². The average Bonchev–Trinajstić information content (AvgIpc) is 2.97. The van der Waals surface area contributed by atoms with Crippen LogP contribution in [0.4, 0.5) is 5.69 Å². The monoisotopic (exact) mass is 350 g/mol. The zero-order valence-electron chi connectivity index (χ0n) is 14.6. The Bertz CT molecular complexity index is 764. The largest absolute Gasteiger partial charge is 0.339 e. The summed E-state index contributed by atoms with van der Waals surface area (Å²) in [4.78, 5) is 34.5. The lowest BCUT2D eigenvalue weighted by Crippen LogP contribution is -2.31. The number of aromatic nitrogens is 2. The van der Waals surface area contributed by atoms with Crippen LogP contribution in [0.3, 0.4) is 0 Å². The molecular formula is C20H22N4O2. The first kappa shape index (κ1) is 17.8. The zero-order valence-corrected chi connectivity index (χ0v) is 14.6. The molecule has 1 aliphatic heterocycles. The number of carbonyl (C=O) groups is 2. The summed E-state index contributed by atoms with van der Waals surface area (Å²) in [5.41, 5.74) is 1.91. The zero-order chi connectivity index (χ0) is 18.2. The quantitative estimate of drug-likeness (QED) is 0.860. The smallest absolute Gasteiger partial charge is 0.253 e. The maximum absolute atomic E-state index is 12.6. The first-order valence-corrected chi connectivity index (χ1v) is 8.87. The molecule has 26 heavy (non-hydrogen) atoms. The number of hydrogen-bond acceptors (Lipinski definition) is 4. The van der Waals surface area contributed by atoms with Crippen LogP contribution in [-0.4, -0.2) is 39.8 Å². The highest BCUT2D eigenvalue weighted by atomic mass is 16.2. The molecule has 1 N–H and O–H groups in total. The number of nitrogens with one attached hydrogen (secondary N) is 1. The molecule has 1 fully saturated rings. The van der Waals surface area contributed by atoms with Gasteiger partial charge in [-0.05, 0) is 43.2 Å². The van der Waals surface area contributed by atoms with Gasteiger partial charge in [-0.1, -0.05) is 12.8 Å². The minimum absolute atomic E-state index is 0.0623. The Morgan fingerprint density at radius 2 is 1.73 bits per heavy atom. The van der Waals surface area contributed by atoms with Crippen LogP contribution in [0.2, 0.25) is 0 Å². The second-order valence-electron chi connectivity index (χ2n) is 6.24. The van der Waals surface area contributed by atoms with Gasteiger partial charge in [0.15, 0.2) is 0 Å². The van der Waals surface area contributed by atoms with E-state index in [0.717, 1.165) is 25.9 Å². The summed E-state index contributed by atoms with van der Waals surface area (Å²) in [5, 5.41) is 2.77. The van der Waals surface area contributed by atoms with Gasteiger partial charge in [0, 0.05) is 42.8 Å². The average molecular weight is 350 g/mol. The van der Waals surface area contributed by atoms with Gasteiger partial charge in [-0.2, -0.15) is 0 Å². The topological polar surface area (TPSA) is 75.2 Å². The van der Waals surface area contributed by atoms with Gasteiger partial charge in [-0.3, -0.25) is 19.6 Å². The maximum atomic E-state index is 12.6. The molecule has 0 aliphatic carbocycles. The summed E-state index contributed by atoms with van der Waals surface area (Å²) < 4.78 is 0. The molecule has 2 heterocycles. The van der Waals surface area contributed by atoms with Gasteiger partial charge in [0.05, 0.1) is 11.9 Å². The van der Waals surface area contributed by atoms with Crippen molar-refractivity contribution in [1.29, 1.82) is 0 Å². The fourth-order valence-electron chi connectivity index (χ4n) is 2.89. The first-order chi connectivity index (χ1) is 12.7. The van der Waals surface area contributed by atoms with Crippen molar-refractivity contribution in [3.05, 3.63) is 60.2 Å². The van der Waals surface area contributed by atoms with Crippen molar-refractivity contribution in [3.63, 3.8) is 0 Å². The van der Waals surface area contributed by atoms with Gasteiger partial charge in [-0.15, -0.1) is 0 Å². The molecule has 0 saturated carbocycles. The summed E-state index contributed by atoms with van der Waals surface area (Å²) in [5.74, 6) is -0.199. The molecule has 0 unspecified atom stereocenters. The van der Waals surface area contributed by atoms with Crippen LogP contribution < -0.4 is 5.32 Å². The number of amides is 2. The van der Waals surface area contributed by atoms with Gasteiger partial charge in [-0.25, -0.2) is 0 Å². The van der Waals surface area contributed by atoms with E-state index >= 15 is 0 Å². The van der Waals surface area contributed by atoms with Crippen molar-refractivity contribution in [2.45, 2.75) is 25.7 Å². The van der Waals surface area contributed by atoms with E-state index in [-0.39, 0.29) is 11.8 Å². The number of carbonyl (C=O) groups excluding carboxylic acids is 2. The van der Waals surface area contributed by atoms with Crippen LogP contribution in [0.15, 0.2) is 48.9 Å². The van der Waals surface area contributed by atoms with E-state index in [2.05, 4.69) is 15.3 Å². The minimum atomic E-state index is -0.262. The van der Waals surface area contributed by atoms with Crippen molar-refractivity contribution >= 4 is 23.6 Å². The van der Waals surface area contributed by atoms with E-state index in [9.17, 15) is 9.59 Å². The van der Waals surface area contributed by atoms with Crippen LogP contribution in [0.1, 0.15) is 41.7 Å². The number of benzene rings is 1. The first-order valence-electron chi connectivity index (χ1n) is 8.87. The molecule has 2 aromatic rings. The van der Waals surface area contributed by atoms with Crippen molar-refractivity contribution in [2.24, 2.45) is 0 Å². The van der Waals surface area contributed by atoms with Crippen molar-refractivity contribution in [3.8, 4) is 0 Å². The third-order valence-electron chi connectivity index (χ3n) is 4.28. The summed E-state index contributed by atoms with van der Waals surface area (Å²) >= 11 is 0. The lowest BCUT2D eigenvalue weighted by molar-refractivity contribution is -0.111. The highest BCUT2D eigenvalue weighted by Crippen LogP contribution is 2.15. The Morgan fingerprint density at radius 3 is 2.38 bits per heavy atom. The standard InChI is InChI=1S/C20H22N4O2/c25-19(10-9-18-15-21-11-12-22-18)23-17-7-5-16(6-8-17)20(26)24-13-3-1-2-4-14-24/h5-12,15H,1-4,13-14H2,(H,23,25). The van der Waals surface area contributed by atoms with Crippen molar-refractivity contribution in [1.82, 2.24) is 14.9 Å². The normalized spacial score (nSPS) is 14.8. The van der Waals surface area contributed by atoms with E-state index in [0.29, 0.717) is 16.9 Å². The predicted octanol–water partition coefficient (Wildman–Crippen LogP) is 3.14. The number of anilines is 1. The Kier molecular flexibility index (Phi) is 6.09. The molecule has 1 aromatic carbocycles. The molecule has 1 saturated heterocycles. The second-order valence-corrected chi connectivity index (χ2v) is 6.24. The predicted molar refractivity (Wildman–Crippen MR) is 101 cm³/mol. The van der Waals surface area contributed by atoms with Gasteiger partial charge in [0.2, 0.25) is 5.91 Å². The van der Waals surface area contributed by atoms with Crippen LogP contribution in [-0.2, 0) is 4.79 Å². The molecule has 1 aliphatic rings. The molecule has 3 rings (SSSR count). The van der Waals surface area contributed by atoms with E-state index in [1.54, 1.807) is 48.9 Å². The van der Waals surface area contributed by atoms with Gasteiger partial charge < -0.3 is 10.2 Å². The number of nitrogens with zero attached hydrogens (tertiary/aromatic N) is 3. The fraction of sp³-hybridized carbons (Fsp3) is 0.300. The Labute approximate surface area is 153 Å². The second kappa shape index (κ2) is 8.89. The molecule has 0 atom stereocenters. The molecule has 6 nitrogen and oxygen atoms in total. The molecule has 6 heteroatoms. The third kappa shape index (κ3) is 4.99. The SMILES string of the molecule is O=C(C=Cc1cnccn1)Nc1ccc(C(=O)N2CCCCCC2)cc1. The van der Waals surface area contributed by atoms with E-state index < -0.39 is 0 Å². The molecular weight excluding hydrogens is 328 g/mol. The van der Waals surface area contributed by atoms with E-state index in [1.807, 2.05) is 4.90 Å². The highest BCUT2D eigenvalue weighted by Gasteiger charge is 2.17. The van der Waals surface area contributed by atoms with Crippen molar-refractivity contribution < 1.29 is 9.59 Å². The lowest BCUT2D eigenvalue weighted by Gasteiger charge is -2.20. The molecule has 2 amide bonds. The summed E-state index contributed by atoms with van der Waals surface area (Å²) in [7, 11) is 0. The van der Waals surface area contributed by atoms with Gasteiger partial charge in [0.25, 0.3) is 5.91 Å². The fourth-order valence-corrected chi connectivity index (χ4v) is 2.89. The molecule has 0 bridgehead atoms. The molecule has 0 spiro atoms. The van der Waals surface area contributed by atoms with Crippen LogP contribution in [0.5, 0.6) is 0 Å². The van der Waals surface area contributed by atoms with E-state index in [4.69, 9.17) is 0 Å². The van der Waals surface area contributed by atoms with E-state index in [1.165, 1.54) is 18.9 Å². The van der Waals surface area contributed by atoms with Gasteiger partial charge in [0.1, 0.15) is 0 Å². The Balaban J connectivity index is 1.57. The minimum Gasteiger partial charge on any atom is -0.339 e. The molecule has 1 aromatic heterocycles. The van der Waals surface area contributed by atoms with Crippen LogP contribution in [0.25, 0.3) is 6.08 Å². The third-order valence-corrected chi connectivity index (χ3v) is 4.28. The number of likely N-dealkylation sites (tertiary alicyclic amines) is 1. The molecule has 134 valence electrons. The number of hydrogen-bond donors (Lipinski definition) is 1. The Hall–Kier alpha value is -3.02. The highest BCUT2D eigenvalue weighted by molar-refractivity contribution is 6.02. The van der Waals surface area contributed by atoms with Crippen LogP contribution >= 0.6 is 0 Å². The molecule has 0 radical (unpaired) electrons. The van der Waals surface area contributed by atoms with Crippen molar-refractivity contribution in [2.75, 3.05) is 18.4 Å². The lowest BCUT2D eigenvalue weighted by atomic mass is 10.1. The maximum Gasteiger partial charge on any atom is 0.253 e. The van der Waals surface area contributed by atoms with Crippen LogP contribution in [0, 0.1) is 0 Å². The summed E-state index contributed by atoms with van der Waals surface area (Å²) in [6.45, 7) is 1.65. The summed E-state index contributed by atoms with van der Waals surface area (Å²) in [6.07, 6.45) is 12.2. The Morgan fingerprint density at radius 1 is 1.00 bits per heavy atom. The number of rotatable bonds is 4.